The van der Waals surface area contributed by atoms with Crippen LogP contribution in [0.1, 0.15) is 5.76 Å². The van der Waals surface area contributed by atoms with Crippen molar-refractivity contribution in [2.45, 2.75) is 0 Å². The maximum Gasteiger partial charge on any atom is 0.433 e. The van der Waals surface area contributed by atoms with Gasteiger partial charge in [-0.25, -0.2) is 4.79 Å². The summed E-state index contributed by atoms with van der Waals surface area (Å²) in [5.41, 5.74) is 1.11. The Morgan fingerprint density at radius 1 is 1.11 bits per heavy atom. The summed E-state index contributed by atoms with van der Waals surface area (Å²) in [6.07, 6.45) is 1.24. The van der Waals surface area contributed by atoms with Gasteiger partial charge >= 0.3 is 11.9 Å². The van der Waals surface area contributed by atoms with Crippen molar-refractivity contribution in [1.29, 1.82) is 0 Å². The minimum atomic E-state index is -0.646. The highest BCUT2D eigenvalue weighted by Crippen LogP contribution is 2.19. The van der Waals surface area contributed by atoms with Gasteiger partial charge in [0.2, 0.25) is 0 Å². The van der Waals surface area contributed by atoms with Crippen molar-refractivity contribution < 1.29 is 14.1 Å². The van der Waals surface area contributed by atoms with Gasteiger partial charge in [-0.15, -0.1) is 0 Å². The smallest absolute Gasteiger partial charge is 0.400 e. The first-order chi connectivity index (χ1) is 13.0. The molecule has 3 rings (SSSR count). The molecule has 0 saturated carbocycles. The molecule has 136 valence electrons. The number of nitrogens with one attached hydrogen (secondary N) is 1. The van der Waals surface area contributed by atoms with E-state index in [2.05, 4.69) is 26.3 Å². The van der Waals surface area contributed by atoms with Gasteiger partial charge in [-0.2, -0.15) is 10.1 Å². The Bertz CT molecular complexity index is 971. The van der Waals surface area contributed by atoms with Gasteiger partial charge in [0.25, 0.3) is 0 Å². The van der Waals surface area contributed by atoms with Crippen LogP contribution in [0.15, 0.2) is 80.7 Å². The van der Waals surface area contributed by atoms with Crippen LogP contribution >= 0.6 is 15.9 Å². The highest BCUT2D eigenvalue weighted by molar-refractivity contribution is 9.10. The Morgan fingerprint density at radius 2 is 1.81 bits per heavy atom. The largest absolute Gasteiger partial charge is 0.433 e. The molecule has 3 aromatic rings. The molecular formula is C18H13BrN4O4. The number of hydrogen-bond donors (Lipinski definition) is 1. The van der Waals surface area contributed by atoms with E-state index in [0.717, 1.165) is 9.48 Å². The number of carbonyl (C=O) groups excluding carboxylic acids is 1. The fraction of sp³-hybridized carbons (Fsp3) is 0. The first-order valence-electron chi connectivity index (χ1n) is 7.73. The van der Waals surface area contributed by atoms with Crippen molar-refractivity contribution in [2.24, 2.45) is 5.10 Å². The molecular weight excluding hydrogens is 416 g/mol. The number of nitro groups is 1. The van der Waals surface area contributed by atoms with Crippen LogP contribution in [0, 0.1) is 10.1 Å². The van der Waals surface area contributed by atoms with Crippen LogP contribution in [0.5, 0.6) is 0 Å². The average molecular weight is 429 g/mol. The van der Waals surface area contributed by atoms with E-state index in [4.69, 9.17) is 4.42 Å². The number of rotatable bonds is 5. The lowest BCUT2D eigenvalue weighted by molar-refractivity contribution is -0.402. The minimum Gasteiger partial charge on any atom is -0.400 e. The maximum absolute atomic E-state index is 12.7. The standard InChI is InChI=1S/C18H13BrN4O4/c19-13-6-8-14(9-7-13)21-18(24)22(15-4-2-1-3-5-15)20-12-16-10-11-17(27-16)23(25)26/h1-12H,(H,21,24)/b20-12+. The topological polar surface area (TPSA) is 101 Å². The third kappa shape index (κ3) is 4.79. The summed E-state index contributed by atoms with van der Waals surface area (Å²) in [6.45, 7) is 0. The molecule has 0 radical (unpaired) electrons. The second-order valence-corrected chi connectivity index (χ2v) is 6.18. The average Bonchev–Trinajstić information content (AvgIpc) is 3.14. The lowest BCUT2D eigenvalue weighted by Gasteiger charge is -2.17. The molecule has 0 aliphatic heterocycles. The molecule has 0 bridgehead atoms. The Hall–Kier alpha value is -3.46. The van der Waals surface area contributed by atoms with Crippen LogP contribution in [0.3, 0.4) is 0 Å². The van der Waals surface area contributed by atoms with Crippen LogP contribution in [-0.4, -0.2) is 17.2 Å². The van der Waals surface area contributed by atoms with Gasteiger partial charge in [-0.05, 0) is 42.5 Å². The van der Waals surface area contributed by atoms with Crippen LogP contribution < -0.4 is 10.3 Å². The van der Waals surface area contributed by atoms with Gasteiger partial charge in [0.1, 0.15) is 4.92 Å². The van der Waals surface area contributed by atoms with E-state index in [1.807, 2.05) is 6.07 Å². The third-order valence-electron chi connectivity index (χ3n) is 3.38. The molecule has 9 heteroatoms. The summed E-state index contributed by atoms with van der Waals surface area (Å²) in [7, 11) is 0. The molecule has 1 heterocycles. The fourth-order valence-corrected chi connectivity index (χ4v) is 2.40. The van der Waals surface area contributed by atoms with Gasteiger partial charge < -0.3 is 9.73 Å². The van der Waals surface area contributed by atoms with Crippen LogP contribution in [0.25, 0.3) is 0 Å². The number of urea groups is 1. The van der Waals surface area contributed by atoms with Crippen molar-refractivity contribution in [3.63, 3.8) is 0 Å². The number of hydrogen-bond acceptors (Lipinski definition) is 5. The van der Waals surface area contributed by atoms with E-state index in [1.165, 1.54) is 18.3 Å². The maximum atomic E-state index is 12.7. The van der Waals surface area contributed by atoms with Gasteiger partial charge in [-0.1, -0.05) is 34.1 Å². The molecule has 2 amide bonds. The molecule has 0 fully saturated rings. The molecule has 0 unspecified atom stereocenters. The summed E-state index contributed by atoms with van der Waals surface area (Å²) < 4.78 is 5.92. The van der Waals surface area contributed by atoms with Gasteiger partial charge in [0, 0.05) is 10.2 Å². The fourth-order valence-electron chi connectivity index (χ4n) is 2.14. The van der Waals surface area contributed by atoms with Crippen molar-refractivity contribution in [1.82, 2.24) is 0 Å². The number of amides is 2. The SMILES string of the molecule is O=C(Nc1ccc(Br)cc1)N(/N=C/c1ccc([N+](=O)[O-])o1)c1ccccc1. The summed E-state index contributed by atoms with van der Waals surface area (Å²) in [6, 6.07) is 18.0. The molecule has 0 atom stereocenters. The van der Waals surface area contributed by atoms with E-state index in [9.17, 15) is 14.9 Å². The number of benzene rings is 2. The monoisotopic (exact) mass is 428 g/mol. The first kappa shape index (κ1) is 18.3. The Kier molecular flexibility index (Phi) is 5.62. The number of carbonyl (C=O) groups is 1. The Balaban J connectivity index is 1.84. The van der Waals surface area contributed by atoms with E-state index in [1.54, 1.807) is 48.5 Å². The molecule has 1 aromatic heterocycles. The van der Waals surface area contributed by atoms with Crippen molar-refractivity contribution in [3.8, 4) is 0 Å². The second-order valence-electron chi connectivity index (χ2n) is 5.26. The van der Waals surface area contributed by atoms with Gasteiger partial charge in [0.15, 0.2) is 5.76 Å². The minimum absolute atomic E-state index is 0.152. The zero-order chi connectivity index (χ0) is 19.2. The number of nitrogens with zero attached hydrogens (tertiary/aromatic N) is 3. The van der Waals surface area contributed by atoms with Gasteiger partial charge in [0.05, 0.1) is 18.0 Å². The molecule has 8 nitrogen and oxygen atoms in total. The third-order valence-corrected chi connectivity index (χ3v) is 3.91. The van der Waals surface area contributed by atoms with Crippen molar-refractivity contribution in [2.75, 3.05) is 10.3 Å². The molecule has 0 spiro atoms. The Morgan fingerprint density at radius 3 is 2.44 bits per heavy atom. The van der Waals surface area contributed by atoms with Crippen LogP contribution in [0.2, 0.25) is 0 Å². The lowest BCUT2D eigenvalue weighted by Crippen LogP contribution is -2.30. The van der Waals surface area contributed by atoms with Gasteiger partial charge in [-0.3, -0.25) is 10.1 Å². The number of furan rings is 1. The summed E-state index contributed by atoms with van der Waals surface area (Å²) in [4.78, 5) is 22.7. The highest BCUT2D eigenvalue weighted by atomic mass is 79.9. The summed E-state index contributed by atoms with van der Waals surface area (Å²) >= 11 is 3.34. The van der Waals surface area contributed by atoms with E-state index < -0.39 is 16.8 Å². The lowest BCUT2D eigenvalue weighted by atomic mass is 10.3. The molecule has 27 heavy (non-hydrogen) atoms. The zero-order valence-corrected chi connectivity index (χ0v) is 15.4. The highest BCUT2D eigenvalue weighted by Gasteiger charge is 2.16. The number of hydrazone groups is 1. The molecule has 2 aromatic carbocycles. The van der Waals surface area contributed by atoms with E-state index in [-0.39, 0.29) is 5.76 Å². The quantitative estimate of drug-likeness (QED) is 0.350. The van der Waals surface area contributed by atoms with Crippen LogP contribution in [-0.2, 0) is 0 Å². The molecule has 0 saturated heterocycles. The van der Waals surface area contributed by atoms with Crippen molar-refractivity contribution in [3.05, 3.63) is 87.1 Å². The summed E-state index contributed by atoms with van der Waals surface area (Å²) in [5, 5.41) is 18.7. The van der Waals surface area contributed by atoms with Crippen LogP contribution in [0.4, 0.5) is 22.1 Å². The molecule has 1 N–H and O–H groups in total. The second kappa shape index (κ2) is 8.28. The molecule has 0 aliphatic carbocycles. The summed E-state index contributed by atoms with van der Waals surface area (Å²) in [5.74, 6) is -0.249. The predicted octanol–water partition coefficient (Wildman–Crippen LogP) is 5.02. The number of halogens is 1. The number of anilines is 2. The zero-order valence-electron chi connectivity index (χ0n) is 13.8. The van der Waals surface area contributed by atoms with E-state index >= 15 is 0 Å². The Labute approximate surface area is 162 Å². The predicted molar refractivity (Wildman–Crippen MR) is 105 cm³/mol. The normalized spacial score (nSPS) is 10.7. The first-order valence-corrected chi connectivity index (χ1v) is 8.52. The van der Waals surface area contributed by atoms with Crippen molar-refractivity contribution >= 4 is 45.4 Å². The molecule has 0 aliphatic rings. The number of para-hydroxylation sites is 1. The van der Waals surface area contributed by atoms with E-state index in [0.29, 0.717) is 11.4 Å².